The van der Waals surface area contributed by atoms with Crippen molar-refractivity contribution >= 4 is 63.7 Å². The first-order valence-electron chi connectivity index (χ1n) is 6.94. The molecule has 0 unspecified atom stereocenters. The average molecular weight is 399 g/mol. The third-order valence-electron chi connectivity index (χ3n) is 4.17. The highest BCUT2D eigenvalue weighted by Crippen LogP contribution is 2.43. The van der Waals surface area contributed by atoms with Gasteiger partial charge in [0.25, 0.3) is 0 Å². The molecule has 2 aromatic rings. The zero-order chi connectivity index (χ0) is 17.2. The molecule has 0 saturated carbocycles. The molecule has 0 atom stereocenters. The Kier molecular flexibility index (Phi) is 3.66. The monoisotopic (exact) mass is 397 g/mol. The molecule has 0 saturated heterocycles. The first-order valence-corrected chi connectivity index (χ1v) is 8.45. The lowest BCUT2D eigenvalue weighted by molar-refractivity contribution is 0.101. The number of rotatable bonds is 0. The number of allylic oxidation sites excluding steroid dienone is 2. The van der Waals surface area contributed by atoms with E-state index in [-0.39, 0.29) is 34.3 Å². The number of fused-ring (bicyclic) bond motifs is 2. The molecule has 3 nitrogen and oxygen atoms in total. The highest BCUT2D eigenvalue weighted by atomic mass is 35.5. The van der Waals surface area contributed by atoms with Crippen molar-refractivity contribution in [2.45, 2.75) is 6.42 Å². The molecule has 0 fully saturated rings. The summed E-state index contributed by atoms with van der Waals surface area (Å²) < 4.78 is 0. The Morgan fingerprint density at radius 2 is 1.33 bits per heavy atom. The van der Waals surface area contributed by atoms with Crippen LogP contribution in [0.1, 0.15) is 26.3 Å². The fraction of sp³-hybridized carbons (Fsp3) is 0.0588. The largest absolute Gasteiger partial charge is 0.350 e. The number of carbonyl (C=O) groups is 2. The zero-order valence-electron chi connectivity index (χ0n) is 11.8. The number of hydrogen-bond acceptors (Lipinski definition) is 3. The molecule has 1 aliphatic heterocycles. The van der Waals surface area contributed by atoms with Crippen LogP contribution in [0.2, 0.25) is 20.1 Å². The van der Waals surface area contributed by atoms with Crippen molar-refractivity contribution in [2.75, 3.05) is 5.32 Å². The normalized spacial score (nSPS) is 18.7. The van der Waals surface area contributed by atoms with Gasteiger partial charge in [-0.1, -0.05) is 46.4 Å². The van der Waals surface area contributed by atoms with Gasteiger partial charge in [0, 0.05) is 22.6 Å². The summed E-state index contributed by atoms with van der Waals surface area (Å²) in [6, 6.07) is 6.35. The van der Waals surface area contributed by atoms with Crippen molar-refractivity contribution in [1.29, 1.82) is 0 Å². The summed E-state index contributed by atoms with van der Waals surface area (Å²) in [5.74, 6) is -0.672. The van der Waals surface area contributed by atoms with Crippen molar-refractivity contribution in [1.82, 2.24) is 0 Å². The van der Waals surface area contributed by atoms with Crippen LogP contribution in [-0.2, 0) is 6.42 Å². The summed E-state index contributed by atoms with van der Waals surface area (Å²) in [4.78, 5) is 25.5. The van der Waals surface area contributed by atoms with E-state index in [1.165, 1.54) is 0 Å². The van der Waals surface area contributed by atoms with Crippen LogP contribution in [0.3, 0.4) is 0 Å². The third kappa shape index (κ3) is 2.12. The number of Topliss-reactive ketones (excluding diaryl/α,β-unsaturated/α-hetero) is 2. The first kappa shape index (κ1) is 16.0. The molecule has 0 spiro atoms. The number of carbonyl (C=O) groups excluding carboxylic acids is 2. The van der Waals surface area contributed by atoms with E-state index in [1.807, 2.05) is 0 Å². The van der Waals surface area contributed by atoms with Crippen LogP contribution in [0.4, 0.5) is 5.69 Å². The van der Waals surface area contributed by atoms with E-state index in [0.717, 1.165) is 0 Å². The molecular formula is C17H7Cl4NO2. The Hall–Kier alpha value is -1.52. The smallest absolute Gasteiger partial charge is 0.213 e. The predicted octanol–water partition coefficient (Wildman–Crippen LogP) is 5.60. The molecule has 2 aromatic carbocycles. The van der Waals surface area contributed by atoms with Gasteiger partial charge in [0.2, 0.25) is 5.78 Å². The quantitative estimate of drug-likeness (QED) is 0.587. The molecule has 2 aliphatic rings. The topological polar surface area (TPSA) is 46.2 Å². The Bertz CT molecular complexity index is 915. The van der Waals surface area contributed by atoms with Crippen LogP contribution < -0.4 is 5.32 Å². The van der Waals surface area contributed by atoms with Gasteiger partial charge in [0.15, 0.2) is 5.78 Å². The molecule has 1 N–H and O–H groups in total. The second kappa shape index (κ2) is 5.50. The van der Waals surface area contributed by atoms with E-state index >= 15 is 0 Å². The molecule has 24 heavy (non-hydrogen) atoms. The fourth-order valence-electron chi connectivity index (χ4n) is 3.04. The Labute approximate surface area is 157 Å². The average Bonchev–Trinajstić information content (AvgIpc) is 3.07. The van der Waals surface area contributed by atoms with Gasteiger partial charge < -0.3 is 5.32 Å². The maximum atomic E-state index is 12.8. The summed E-state index contributed by atoms with van der Waals surface area (Å²) in [5.41, 5.74) is 2.14. The van der Waals surface area contributed by atoms with Crippen LogP contribution in [0.25, 0.3) is 0 Å². The lowest BCUT2D eigenvalue weighted by Gasteiger charge is -2.03. The van der Waals surface area contributed by atoms with E-state index in [9.17, 15) is 9.59 Å². The van der Waals surface area contributed by atoms with Gasteiger partial charge in [-0.2, -0.15) is 0 Å². The van der Waals surface area contributed by atoms with E-state index in [2.05, 4.69) is 5.32 Å². The predicted molar refractivity (Wildman–Crippen MR) is 95.9 cm³/mol. The number of hydrogen-bond donors (Lipinski definition) is 1. The maximum Gasteiger partial charge on any atom is 0.213 e. The Balaban J connectivity index is 1.90. The number of ketones is 2. The van der Waals surface area contributed by atoms with E-state index in [4.69, 9.17) is 46.4 Å². The summed E-state index contributed by atoms with van der Waals surface area (Å²) >= 11 is 24.6. The van der Waals surface area contributed by atoms with Crippen LogP contribution >= 0.6 is 46.4 Å². The molecule has 120 valence electrons. The van der Waals surface area contributed by atoms with Gasteiger partial charge in [-0.15, -0.1) is 0 Å². The van der Waals surface area contributed by atoms with Gasteiger partial charge in [-0.3, -0.25) is 9.59 Å². The highest BCUT2D eigenvalue weighted by molar-refractivity contribution is 6.43. The zero-order valence-corrected chi connectivity index (χ0v) is 14.9. The van der Waals surface area contributed by atoms with Crippen molar-refractivity contribution < 1.29 is 9.59 Å². The number of benzene rings is 2. The van der Waals surface area contributed by atoms with Crippen molar-refractivity contribution in [3.05, 3.63) is 72.3 Å². The molecule has 7 heteroatoms. The standard InChI is InChI=1S/C17H7Cl4NO2/c18-8-1-2-9(19)12-6(8)5-7(16(12)23)14-17(24)13-10(20)3-4-11(21)15(13)22-14/h1-4,22H,5H2/b14-7-. The number of anilines is 1. The Morgan fingerprint density at radius 1 is 0.750 bits per heavy atom. The van der Waals surface area contributed by atoms with Gasteiger partial charge in [0.1, 0.15) is 0 Å². The summed E-state index contributed by atoms with van der Waals surface area (Å²) in [6.07, 6.45) is 0.227. The summed E-state index contributed by atoms with van der Waals surface area (Å²) in [5, 5.41) is 4.34. The molecule has 1 aliphatic carbocycles. The van der Waals surface area contributed by atoms with Gasteiger partial charge in [-0.05, 0) is 29.8 Å². The minimum atomic E-state index is -0.360. The van der Waals surface area contributed by atoms with Gasteiger partial charge in [0.05, 0.1) is 32.0 Å². The van der Waals surface area contributed by atoms with Crippen LogP contribution in [0.15, 0.2) is 35.5 Å². The minimum absolute atomic E-state index is 0.174. The SMILES string of the molecule is O=C1/C(=C2\Nc3c(Cl)ccc(Cl)c3C2=O)Cc2c(Cl)ccc(Cl)c21. The van der Waals surface area contributed by atoms with Crippen molar-refractivity contribution in [3.63, 3.8) is 0 Å². The van der Waals surface area contributed by atoms with Crippen LogP contribution in [0, 0.1) is 0 Å². The third-order valence-corrected chi connectivity index (χ3v) is 5.47. The minimum Gasteiger partial charge on any atom is -0.350 e. The molecule has 0 bridgehead atoms. The van der Waals surface area contributed by atoms with Crippen molar-refractivity contribution in [2.24, 2.45) is 0 Å². The molecule has 1 heterocycles. The van der Waals surface area contributed by atoms with Gasteiger partial charge in [-0.25, -0.2) is 0 Å². The van der Waals surface area contributed by atoms with Crippen LogP contribution in [-0.4, -0.2) is 11.6 Å². The summed E-state index contributed by atoms with van der Waals surface area (Å²) in [6.45, 7) is 0. The fourth-order valence-corrected chi connectivity index (χ4v) is 3.97. The molecule has 0 amide bonds. The second-order valence-corrected chi connectivity index (χ2v) is 7.10. The van der Waals surface area contributed by atoms with E-state index in [1.54, 1.807) is 24.3 Å². The van der Waals surface area contributed by atoms with Crippen molar-refractivity contribution in [3.8, 4) is 0 Å². The first-order chi connectivity index (χ1) is 11.4. The van der Waals surface area contributed by atoms with Crippen LogP contribution in [0.5, 0.6) is 0 Å². The summed E-state index contributed by atoms with van der Waals surface area (Å²) in [7, 11) is 0. The van der Waals surface area contributed by atoms with E-state index in [0.29, 0.717) is 37.5 Å². The number of nitrogens with one attached hydrogen (secondary N) is 1. The van der Waals surface area contributed by atoms with Gasteiger partial charge >= 0.3 is 0 Å². The maximum absolute atomic E-state index is 12.8. The molecule has 0 aromatic heterocycles. The lowest BCUT2D eigenvalue weighted by atomic mass is 10.0. The molecule has 0 radical (unpaired) electrons. The molecule has 4 rings (SSSR count). The lowest BCUT2D eigenvalue weighted by Crippen LogP contribution is -2.10. The number of halogens is 4. The Morgan fingerprint density at radius 3 is 1.96 bits per heavy atom. The molecular weight excluding hydrogens is 392 g/mol. The highest BCUT2D eigenvalue weighted by Gasteiger charge is 2.38. The second-order valence-electron chi connectivity index (χ2n) is 5.48. The van der Waals surface area contributed by atoms with E-state index < -0.39 is 0 Å².